The fourth-order valence-electron chi connectivity index (χ4n) is 0.825. The molecule has 2 unspecified atom stereocenters. The van der Waals surface area contributed by atoms with E-state index < -0.39 is 0 Å². The molecule has 0 fully saturated rings. The lowest BCUT2D eigenvalue weighted by Gasteiger charge is -2.12. The molecule has 0 aromatic carbocycles. The van der Waals surface area contributed by atoms with Crippen LogP contribution in [0.25, 0.3) is 0 Å². The number of hydrogen-bond donors (Lipinski definition) is 0. The van der Waals surface area contributed by atoms with E-state index in [2.05, 4.69) is 25.7 Å². The highest BCUT2D eigenvalue weighted by Crippen LogP contribution is 2.21. The van der Waals surface area contributed by atoms with Gasteiger partial charge >= 0.3 is 0 Å². The zero-order valence-electron chi connectivity index (χ0n) is 7.13. The van der Waals surface area contributed by atoms with Crippen molar-refractivity contribution in [2.75, 3.05) is 0 Å². The first-order chi connectivity index (χ1) is 5.20. The van der Waals surface area contributed by atoms with Crippen molar-refractivity contribution in [3.8, 4) is 24.7 Å². The predicted octanol–water partition coefficient (Wildman–Crippen LogP) is 2.54. The third-order valence-electron chi connectivity index (χ3n) is 1.28. The summed E-state index contributed by atoms with van der Waals surface area (Å²) in [6.07, 6.45) is 12.0. The summed E-state index contributed by atoms with van der Waals surface area (Å²) in [7, 11) is 0. The summed E-state index contributed by atoms with van der Waals surface area (Å²) < 4.78 is 0. The van der Waals surface area contributed by atoms with Gasteiger partial charge in [-0.25, -0.2) is 0 Å². The normalized spacial score (nSPS) is 14.5. The summed E-state index contributed by atoms with van der Waals surface area (Å²) in [6, 6.07) is 0. The maximum absolute atomic E-state index is 5.18. The van der Waals surface area contributed by atoms with E-state index in [1.54, 1.807) is 0 Å². The Morgan fingerprint density at radius 1 is 1.09 bits per heavy atom. The lowest BCUT2D eigenvalue weighted by atomic mass is 10.3. The van der Waals surface area contributed by atoms with Gasteiger partial charge < -0.3 is 0 Å². The minimum absolute atomic E-state index is 0.531. The molecule has 0 heterocycles. The van der Waals surface area contributed by atoms with E-state index in [0.717, 1.165) is 12.8 Å². The summed E-state index contributed by atoms with van der Waals surface area (Å²) in [6.45, 7) is 4.27. The monoisotopic (exact) mass is 166 g/mol. The van der Waals surface area contributed by atoms with Crippen LogP contribution >= 0.6 is 11.8 Å². The van der Waals surface area contributed by atoms with Crippen molar-refractivity contribution in [3.63, 3.8) is 0 Å². The van der Waals surface area contributed by atoms with Crippen molar-refractivity contribution in [2.24, 2.45) is 0 Å². The molecule has 0 radical (unpaired) electrons. The Labute approximate surface area is 74.1 Å². The molecule has 0 amide bonds. The fraction of sp³-hybridized carbons (Fsp3) is 0.600. The third-order valence-corrected chi connectivity index (χ3v) is 2.54. The van der Waals surface area contributed by atoms with Crippen molar-refractivity contribution in [1.29, 1.82) is 0 Å². The topological polar surface area (TPSA) is 0 Å². The maximum atomic E-state index is 5.18. The van der Waals surface area contributed by atoms with Crippen molar-refractivity contribution in [1.82, 2.24) is 0 Å². The fourth-order valence-corrected chi connectivity index (χ4v) is 2.00. The average Bonchev–Trinajstić information content (AvgIpc) is 1.87. The molecule has 11 heavy (non-hydrogen) atoms. The Bertz CT molecular complexity index is 150. The van der Waals surface area contributed by atoms with Gasteiger partial charge in [-0.2, -0.15) is 11.8 Å². The Balaban J connectivity index is 3.51. The van der Waals surface area contributed by atoms with Crippen LogP contribution in [0.4, 0.5) is 0 Å². The van der Waals surface area contributed by atoms with Gasteiger partial charge in [0.1, 0.15) is 0 Å². The predicted molar refractivity (Wildman–Crippen MR) is 53.4 cm³/mol. The second-order valence-corrected chi connectivity index (χ2v) is 4.46. The molecule has 0 aliphatic carbocycles. The van der Waals surface area contributed by atoms with E-state index in [4.69, 9.17) is 12.8 Å². The molecule has 0 spiro atoms. The highest BCUT2D eigenvalue weighted by atomic mass is 32.2. The van der Waals surface area contributed by atoms with Gasteiger partial charge in [-0.1, -0.05) is 13.8 Å². The van der Waals surface area contributed by atoms with Gasteiger partial charge in [-0.05, 0) is 0 Å². The van der Waals surface area contributed by atoms with Crippen LogP contribution in [0.3, 0.4) is 0 Å². The third kappa shape index (κ3) is 5.89. The molecular formula is C10H14S. The zero-order valence-corrected chi connectivity index (χ0v) is 7.95. The van der Waals surface area contributed by atoms with E-state index in [1.165, 1.54) is 0 Å². The molecule has 0 saturated carbocycles. The van der Waals surface area contributed by atoms with E-state index in [0.29, 0.717) is 10.5 Å². The molecule has 60 valence electrons. The minimum atomic E-state index is 0.531. The van der Waals surface area contributed by atoms with Crippen LogP contribution in [0.5, 0.6) is 0 Å². The smallest absolute Gasteiger partial charge is 0.0203 e. The van der Waals surface area contributed by atoms with E-state index in [9.17, 15) is 0 Å². The molecule has 0 aromatic rings. The summed E-state index contributed by atoms with van der Waals surface area (Å²) in [5, 5.41) is 1.06. The maximum Gasteiger partial charge on any atom is 0.0203 e. The second kappa shape index (κ2) is 6.20. The van der Waals surface area contributed by atoms with Crippen molar-refractivity contribution < 1.29 is 0 Å². The molecule has 0 aliphatic heterocycles. The molecule has 0 saturated heterocycles. The van der Waals surface area contributed by atoms with Crippen LogP contribution in [0.15, 0.2) is 0 Å². The highest BCUT2D eigenvalue weighted by molar-refractivity contribution is 8.00. The molecule has 0 aliphatic rings. The minimum Gasteiger partial charge on any atom is -0.154 e. The zero-order chi connectivity index (χ0) is 8.69. The van der Waals surface area contributed by atoms with Crippen LogP contribution in [0, 0.1) is 24.7 Å². The van der Waals surface area contributed by atoms with Crippen molar-refractivity contribution in [3.05, 3.63) is 0 Å². The van der Waals surface area contributed by atoms with Crippen molar-refractivity contribution >= 4 is 11.8 Å². The van der Waals surface area contributed by atoms with Gasteiger partial charge in [0, 0.05) is 23.3 Å². The molecular weight excluding hydrogens is 152 g/mol. The first kappa shape index (κ1) is 10.5. The molecule has 0 N–H and O–H groups in total. The van der Waals surface area contributed by atoms with Crippen LogP contribution in [-0.4, -0.2) is 10.5 Å². The Morgan fingerprint density at radius 3 is 1.73 bits per heavy atom. The Hall–Kier alpha value is -0.530. The average molecular weight is 166 g/mol. The van der Waals surface area contributed by atoms with Crippen molar-refractivity contribution in [2.45, 2.75) is 37.2 Å². The Morgan fingerprint density at radius 2 is 1.45 bits per heavy atom. The van der Waals surface area contributed by atoms with Gasteiger partial charge in [0.25, 0.3) is 0 Å². The second-order valence-electron chi connectivity index (χ2n) is 2.57. The Kier molecular flexibility index (Phi) is 5.90. The van der Waals surface area contributed by atoms with Crippen LogP contribution in [0.2, 0.25) is 0 Å². The number of terminal acetylenes is 2. The van der Waals surface area contributed by atoms with E-state index in [-0.39, 0.29) is 0 Å². The SMILES string of the molecule is C#CCC(C)SC(C)CC#C. The first-order valence-electron chi connectivity index (χ1n) is 3.73. The van der Waals surface area contributed by atoms with Crippen LogP contribution in [0.1, 0.15) is 26.7 Å². The number of hydrogen-bond acceptors (Lipinski definition) is 1. The van der Waals surface area contributed by atoms with Gasteiger partial charge in [-0.3, -0.25) is 0 Å². The van der Waals surface area contributed by atoms with E-state index in [1.807, 2.05) is 11.8 Å². The molecule has 0 nitrogen and oxygen atoms in total. The summed E-state index contributed by atoms with van der Waals surface area (Å²) in [4.78, 5) is 0. The van der Waals surface area contributed by atoms with Gasteiger partial charge in [0.05, 0.1) is 0 Å². The molecule has 0 aromatic heterocycles. The van der Waals surface area contributed by atoms with Crippen LogP contribution in [-0.2, 0) is 0 Å². The summed E-state index contributed by atoms with van der Waals surface area (Å²) in [5.41, 5.74) is 0. The first-order valence-corrected chi connectivity index (χ1v) is 4.67. The summed E-state index contributed by atoms with van der Waals surface area (Å²) in [5.74, 6) is 5.28. The lowest BCUT2D eigenvalue weighted by molar-refractivity contribution is 0.952. The lowest BCUT2D eigenvalue weighted by Crippen LogP contribution is -2.02. The van der Waals surface area contributed by atoms with Gasteiger partial charge in [-0.15, -0.1) is 24.7 Å². The highest BCUT2D eigenvalue weighted by Gasteiger charge is 2.06. The standard InChI is InChI=1S/C10H14S/c1-5-7-9(3)11-10(4)8-6-2/h1-2,9-10H,7-8H2,3-4H3. The summed E-state index contributed by atoms with van der Waals surface area (Å²) >= 11 is 1.86. The van der Waals surface area contributed by atoms with Crippen LogP contribution < -0.4 is 0 Å². The molecule has 0 rings (SSSR count). The number of thioether (sulfide) groups is 1. The molecule has 0 bridgehead atoms. The van der Waals surface area contributed by atoms with Gasteiger partial charge in [0.15, 0.2) is 0 Å². The van der Waals surface area contributed by atoms with Gasteiger partial charge in [0.2, 0.25) is 0 Å². The van der Waals surface area contributed by atoms with E-state index >= 15 is 0 Å². The number of rotatable bonds is 4. The largest absolute Gasteiger partial charge is 0.154 e. The quantitative estimate of drug-likeness (QED) is 0.578. The molecule has 1 heteroatoms. The molecule has 2 atom stereocenters.